The van der Waals surface area contributed by atoms with Gasteiger partial charge in [-0.05, 0) is 49.9 Å². The van der Waals surface area contributed by atoms with Gasteiger partial charge >= 0.3 is 0 Å². The van der Waals surface area contributed by atoms with Crippen LogP contribution in [0.5, 0.6) is 0 Å². The molecule has 0 radical (unpaired) electrons. The lowest BCUT2D eigenvalue weighted by molar-refractivity contribution is 0.425. The molecule has 0 spiro atoms. The van der Waals surface area contributed by atoms with Gasteiger partial charge in [0.15, 0.2) is 5.82 Å². The van der Waals surface area contributed by atoms with E-state index in [0.717, 1.165) is 49.8 Å². The lowest BCUT2D eigenvalue weighted by Crippen LogP contribution is -2.50. The van der Waals surface area contributed by atoms with E-state index in [9.17, 15) is 0 Å². The first-order valence-electron chi connectivity index (χ1n) is 7.92. The van der Waals surface area contributed by atoms with E-state index < -0.39 is 0 Å². The summed E-state index contributed by atoms with van der Waals surface area (Å²) in [6.07, 6.45) is 3.43. The first-order chi connectivity index (χ1) is 10.8. The Hall–Kier alpha value is -2.24. The normalized spacial score (nSPS) is 17.2. The van der Waals surface area contributed by atoms with Crippen molar-refractivity contribution < 1.29 is 0 Å². The minimum absolute atomic E-state index is 0.623. The summed E-state index contributed by atoms with van der Waals surface area (Å²) in [6.45, 7) is 4.92. The smallest absolute Gasteiger partial charge is 0.151 e. The summed E-state index contributed by atoms with van der Waals surface area (Å²) in [7, 11) is 0. The van der Waals surface area contributed by atoms with Crippen LogP contribution in [-0.4, -0.2) is 40.0 Å². The molecule has 22 heavy (non-hydrogen) atoms. The zero-order valence-electron chi connectivity index (χ0n) is 12.8. The number of anilines is 2. The molecule has 1 aliphatic heterocycles. The number of rotatable bonds is 4. The van der Waals surface area contributed by atoms with Crippen LogP contribution >= 0.6 is 0 Å². The van der Waals surface area contributed by atoms with Crippen LogP contribution in [0.15, 0.2) is 18.2 Å². The molecule has 1 aliphatic carbocycles. The van der Waals surface area contributed by atoms with E-state index in [1.54, 1.807) is 0 Å². The van der Waals surface area contributed by atoms with Crippen molar-refractivity contribution in [2.75, 3.05) is 29.9 Å². The van der Waals surface area contributed by atoms with Gasteiger partial charge in [0.05, 0.1) is 11.4 Å². The van der Waals surface area contributed by atoms with Gasteiger partial charge in [0.1, 0.15) is 5.82 Å². The van der Waals surface area contributed by atoms with Crippen LogP contribution in [0.2, 0.25) is 0 Å². The highest BCUT2D eigenvalue weighted by molar-refractivity contribution is 5.43. The maximum absolute atomic E-state index is 4.31. The van der Waals surface area contributed by atoms with Gasteiger partial charge in [-0.15, -0.1) is 10.2 Å². The van der Waals surface area contributed by atoms with Crippen LogP contribution in [0, 0.1) is 12.8 Å². The van der Waals surface area contributed by atoms with Crippen molar-refractivity contribution in [3.05, 3.63) is 35.2 Å². The van der Waals surface area contributed by atoms with Gasteiger partial charge in [0.25, 0.3) is 0 Å². The van der Waals surface area contributed by atoms with E-state index in [-0.39, 0.29) is 0 Å². The second-order valence-electron chi connectivity index (χ2n) is 6.24. The van der Waals surface area contributed by atoms with E-state index in [0.29, 0.717) is 5.92 Å². The SMILES string of the molecule is Cc1ccc(N2CC(CNc3cc4c(nn3)CCC4)C2)nn1. The molecule has 2 aromatic heterocycles. The Bertz CT molecular complexity index is 663. The minimum Gasteiger partial charge on any atom is -0.368 e. The molecule has 0 atom stereocenters. The molecule has 1 saturated heterocycles. The van der Waals surface area contributed by atoms with E-state index in [2.05, 4.69) is 36.7 Å². The van der Waals surface area contributed by atoms with Crippen LogP contribution in [0.3, 0.4) is 0 Å². The number of hydrogen-bond donors (Lipinski definition) is 1. The first-order valence-corrected chi connectivity index (χ1v) is 7.92. The highest BCUT2D eigenvalue weighted by atomic mass is 15.3. The fourth-order valence-electron chi connectivity index (χ4n) is 3.11. The number of aryl methyl sites for hydroxylation is 3. The third-order valence-corrected chi connectivity index (χ3v) is 4.46. The molecule has 1 N–H and O–H groups in total. The van der Waals surface area contributed by atoms with Gasteiger partial charge in [-0.3, -0.25) is 0 Å². The maximum Gasteiger partial charge on any atom is 0.151 e. The molecule has 0 unspecified atom stereocenters. The number of fused-ring (bicyclic) bond motifs is 1. The molecule has 4 rings (SSSR count). The molecule has 0 bridgehead atoms. The largest absolute Gasteiger partial charge is 0.368 e. The number of nitrogens with one attached hydrogen (secondary N) is 1. The van der Waals surface area contributed by atoms with Crippen LogP contribution in [0.1, 0.15) is 23.4 Å². The Balaban J connectivity index is 1.29. The number of aromatic nitrogens is 4. The van der Waals surface area contributed by atoms with Crippen molar-refractivity contribution in [1.29, 1.82) is 0 Å². The average Bonchev–Trinajstić information content (AvgIpc) is 2.95. The van der Waals surface area contributed by atoms with Crippen molar-refractivity contribution >= 4 is 11.6 Å². The van der Waals surface area contributed by atoms with E-state index in [1.807, 2.05) is 19.1 Å². The Kier molecular flexibility index (Phi) is 3.36. The molecule has 2 aromatic rings. The van der Waals surface area contributed by atoms with Gasteiger partial charge in [-0.1, -0.05) is 0 Å². The highest BCUT2D eigenvalue weighted by Crippen LogP contribution is 2.24. The Labute approximate surface area is 130 Å². The number of nitrogens with zero attached hydrogens (tertiary/aromatic N) is 5. The number of hydrogen-bond acceptors (Lipinski definition) is 6. The third-order valence-electron chi connectivity index (χ3n) is 4.46. The fourth-order valence-corrected chi connectivity index (χ4v) is 3.11. The quantitative estimate of drug-likeness (QED) is 0.924. The molecular weight excluding hydrogens is 276 g/mol. The zero-order chi connectivity index (χ0) is 14.9. The van der Waals surface area contributed by atoms with Crippen molar-refractivity contribution in [2.24, 2.45) is 5.92 Å². The Morgan fingerprint density at radius 1 is 1.14 bits per heavy atom. The average molecular weight is 296 g/mol. The summed E-state index contributed by atoms with van der Waals surface area (Å²) in [4.78, 5) is 2.26. The standard InChI is InChI=1S/C16H20N6/c1-11-5-6-16(21-18-11)22-9-12(10-22)8-17-15-7-13-3-2-4-14(13)19-20-15/h5-7,12H,2-4,8-10H2,1H3,(H,17,20). The zero-order valence-corrected chi connectivity index (χ0v) is 12.8. The lowest BCUT2D eigenvalue weighted by atomic mass is 10.0. The molecule has 6 heteroatoms. The topological polar surface area (TPSA) is 66.8 Å². The van der Waals surface area contributed by atoms with Gasteiger partial charge in [-0.2, -0.15) is 10.2 Å². The van der Waals surface area contributed by atoms with Crippen LogP contribution < -0.4 is 10.2 Å². The third kappa shape index (κ3) is 2.61. The van der Waals surface area contributed by atoms with Gasteiger partial charge in [0, 0.05) is 25.6 Å². The second kappa shape index (κ2) is 5.51. The van der Waals surface area contributed by atoms with Gasteiger partial charge in [-0.25, -0.2) is 0 Å². The second-order valence-corrected chi connectivity index (χ2v) is 6.24. The molecule has 2 aliphatic rings. The van der Waals surface area contributed by atoms with Crippen LogP contribution in [0.25, 0.3) is 0 Å². The fraction of sp³-hybridized carbons (Fsp3) is 0.500. The van der Waals surface area contributed by atoms with Crippen molar-refractivity contribution in [2.45, 2.75) is 26.2 Å². The summed E-state index contributed by atoms with van der Waals surface area (Å²) in [5, 5.41) is 20.3. The van der Waals surface area contributed by atoms with E-state index in [4.69, 9.17) is 0 Å². The summed E-state index contributed by atoms with van der Waals surface area (Å²) in [6, 6.07) is 6.21. The summed E-state index contributed by atoms with van der Waals surface area (Å²) >= 11 is 0. The summed E-state index contributed by atoms with van der Waals surface area (Å²) in [5.41, 5.74) is 3.50. The molecule has 3 heterocycles. The first kappa shape index (κ1) is 13.4. The molecular formula is C16H20N6. The molecule has 0 amide bonds. The van der Waals surface area contributed by atoms with Gasteiger partial charge in [0.2, 0.25) is 0 Å². The molecule has 0 aromatic carbocycles. The minimum atomic E-state index is 0.623. The summed E-state index contributed by atoms with van der Waals surface area (Å²) < 4.78 is 0. The Morgan fingerprint density at radius 2 is 2.05 bits per heavy atom. The maximum atomic E-state index is 4.31. The van der Waals surface area contributed by atoms with Crippen LogP contribution in [0.4, 0.5) is 11.6 Å². The van der Waals surface area contributed by atoms with E-state index >= 15 is 0 Å². The van der Waals surface area contributed by atoms with Crippen molar-refractivity contribution in [1.82, 2.24) is 20.4 Å². The molecule has 1 fully saturated rings. The predicted molar refractivity (Wildman–Crippen MR) is 85.0 cm³/mol. The van der Waals surface area contributed by atoms with Crippen molar-refractivity contribution in [3.63, 3.8) is 0 Å². The monoisotopic (exact) mass is 296 g/mol. The lowest BCUT2D eigenvalue weighted by Gasteiger charge is -2.40. The molecule has 114 valence electrons. The summed E-state index contributed by atoms with van der Waals surface area (Å²) in [5.74, 6) is 2.51. The highest BCUT2D eigenvalue weighted by Gasteiger charge is 2.27. The molecule has 6 nitrogen and oxygen atoms in total. The predicted octanol–water partition coefficient (Wildman–Crippen LogP) is 1.61. The van der Waals surface area contributed by atoms with E-state index in [1.165, 1.54) is 17.7 Å². The van der Waals surface area contributed by atoms with Crippen molar-refractivity contribution in [3.8, 4) is 0 Å². The van der Waals surface area contributed by atoms with Crippen LogP contribution in [-0.2, 0) is 12.8 Å². The molecule has 0 saturated carbocycles. The Morgan fingerprint density at radius 3 is 2.86 bits per heavy atom. The van der Waals surface area contributed by atoms with Gasteiger partial charge < -0.3 is 10.2 Å².